The molecule has 0 saturated carbocycles. The van der Waals surface area contributed by atoms with Gasteiger partial charge in [0.25, 0.3) is 0 Å². The van der Waals surface area contributed by atoms with Gasteiger partial charge in [-0.05, 0) is 0 Å². The van der Waals surface area contributed by atoms with Gasteiger partial charge in [0.05, 0.1) is 7.05 Å². The van der Waals surface area contributed by atoms with E-state index in [4.69, 9.17) is 4.84 Å². The quantitative estimate of drug-likeness (QED) is 0.423. The van der Waals surface area contributed by atoms with Crippen LogP contribution >= 0.6 is 0 Å². The fourth-order valence-electron chi connectivity index (χ4n) is 0.563. The molecule has 1 heterocycles. The van der Waals surface area contributed by atoms with Crippen molar-refractivity contribution in [1.82, 2.24) is 5.32 Å². The molecule has 0 aromatic rings. The van der Waals surface area contributed by atoms with Gasteiger partial charge in [-0.15, -0.1) is 0 Å². The summed E-state index contributed by atoms with van der Waals surface area (Å²) in [5.41, 5.74) is 0. The van der Waals surface area contributed by atoms with Crippen LogP contribution in [0.25, 0.3) is 0 Å². The van der Waals surface area contributed by atoms with Crippen molar-refractivity contribution in [2.24, 2.45) is 0 Å². The Morgan fingerprint density at radius 2 is 2.50 bits per heavy atom. The van der Waals surface area contributed by atoms with E-state index in [1.807, 2.05) is 0 Å². The van der Waals surface area contributed by atoms with Gasteiger partial charge in [0, 0.05) is 13.0 Å². The summed E-state index contributed by atoms with van der Waals surface area (Å²) in [7, 11) is 1.42. The van der Waals surface area contributed by atoms with Crippen molar-refractivity contribution >= 4 is 0 Å². The smallest absolute Gasteiger partial charge is 0.169 e. The second-order valence-electron chi connectivity index (χ2n) is 1.84. The minimum Gasteiger partial charge on any atom is -0.600 e. The van der Waals surface area contributed by atoms with Crippen molar-refractivity contribution in [2.75, 3.05) is 13.6 Å². The predicted octanol–water partition coefficient (Wildman–Crippen LogP) is -1.75. The molecular formula is C4H10N2O2. The topological polar surface area (TPSA) is 48.8 Å². The standard InChI is InChI=1S/C4H10N2O2/c1-6(7)8-4-2-3-5-4/h4-6H,2-3H2,1H3. The van der Waals surface area contributed by atoms with Crippen LogP contribution in [0.2, 0.25) is 0 Å². The number of nitrogens with one attached hydrogen (secondary N) is 2. The van der Waals surface area contributed by atoms with E-state index < -0.39 is 0 Å². The van der Waals surface area contributed by atoms with Crippen LogP contribution in [-0.4, -0.2) is 19.8 Å². The van der Waals surface area contributed by atoms with Crippen molar-refractivity contribution in [3.8, 4) is 0 Å². The summed E-state index contributed by atoms with van der Waals surface area (Å²) in [6.07, 6.45) is 0.965. The molecule has 2 N–H and O–H groups in total. The molecule has 1 rings (SSSR count). The lowest BCUT2D eigenvalue weighted by atomic mass is 10.2. The molecule has 8 heavy (non-hydrogen) atoms. The van der Waals surface area contributed by atoms with Gasteiger partial charge in [-0.2, -0.15) is 4.84 Å². The van der Waals surface area contributed by atoms with Crippen LogP contribution in [0.5, 0.6) is 0 Å². The van der Waals surface area contributed by atoms with E-state index in [2.05, 4.69) is 5.32 Å². The van der Waals surface area contributed by atoms with E-state index in [1.165, 1.54) is 7.05 Å². The number of hydroxylamine groups is 2. The number of hydrogen-bond donors (Lipinski definition) is 2. The van der Waals surface area contributed by atoms with Crippen molar-refractivity contribution in [3.05, 3.63) is 5.21 Å². The van der Waals surface area contributed by atoms with Crippen LogP contribution in [-0.2, 0) is 4.84 Å². The Kier molecular flexibility index (Phi) is 1.80. The highest BCUT2D eigenvalue weighted by molar-refractivity contribution is 4.65. The van der Waals surface area contributed by atoms with Gasteiger partial charge in [0.1, 0.15) is 0 Å². The molecule has 2 atom stereocenters. The molecule has 1 aliphatic rings. The SMILES string of the molecule is C[NH+]([O-])OC1CCN1. The lowest BCUT2D eigenvalue weighted by molar-refractivity contribution is -1.04. The first-order chi connectivity index (χ1) is 3.79. The van der Waals surface area contributed by atoms with Crippen molar-refractivity contribution in [1.29, 1.82) is 0 Å². The van der Waals surface area contributed by atoms with Crippen LogP contribution in [0.3, 0.4) is 0 Å². The summed E-state index contributed by atoms with van der Waals surface area (Å²) < 4.78 is 0. The number of quaternary nitrogens is 1. The summed E-state index contributed by atoms with van der Waals surface area (Å²) in [5.74, 6) is 0. The molecule has 1 aliphatic heterocycles. The zero-order chi connectivity index (χ0) is 5.98. The van der Waals surface area contributed by atoms with Crippen LogP contribution in [0, 0.1) is 5.21 Å². The third-order valence-electron chi connectivity index (χ3n) is 1.09. The summed E-state index contributed by atoms with van der Waals surface area (Å²) in [4.78, 5) is 4.74. The molecule has 0 amide bonds. The summed E-state index contributed by atoms with van der Waals surface area (Å²) in [5, 5.41) is 12.9. The van der Waals surface area contributed by atoms with Crippen LogP contribution < -0.4 is 10.5 Å². The minimum atomic E-state index is -0.206. The summed E-state index contributed by atoms with van der Waals surface area (Å²) in [6.45, 7) is 0.970. The molecule has 4 nitrogen and oxygen atoms in total. The van der Waals surface area contributed by atoms with Gasteiger partial charge in [-0.1, -0.05) is 0 Å². The summed E-state index contributed by atoms with van der Waals surface area (Å²) >= 11 is 0. The third kappa shape index (κ3) is 1.41. The van der Waals surface area contributed by atoms with E-state index in [-0.39, 0.29) is 11.5 Å². The predicted molar refractivity (Wildman–Crippen MR) is 27.7 cm³/mol. The van der Waals surface area contributed by atoms with Gasteiger partial charge in [0.2, 0.25) is 0 Å². The molecule has 1 fully saturated rings. The lowest BCUT2D eigenvalue weighted by Gasteiger charge is -2.29. The molecule has 0 aromatic heterocycles. The van der Waals surface area contributed by atoms with Crippen molar-refractivity contribution < 1.29 is 10.1 Å². The Morgan fingerprint density at radius 3 is 2.62 bits per heavy atom. The fraction of sp³-hybridized carbons (Fsp3) is 1.00. The molecule has 2 unspecified atom stereocenters. The molecule has 48 valence electrons. The Hall–Kier alpha value is -0.160. The lowest BCUT2D eigenvalue weighted by Crippen LogP contribution is -3.04. The normalized spacial score (nSPS) is 31.5. The molecule has 0 spiro atoms. The van der Waals surface area contributed by atoms with E-state index in [0.29, 0.717) is 0 Å². The first-order valence-corrected chi connectivity index (χ1v) is 2.69. The molecule has 4 heteroatoms. The summed E-state index contributed by atoms with van der Waals surface area (Å²) in [6, 6.07) is 0. The highest BCUT2D eigenvalue weighted by Gasteiger charge is 2.18. The molecular weight excluding hydrogens is 108 g/mol. The van der Waals surface area contributed by atoms with E-state index >= 15 is 0 Å². The Morgan fingerprint density at radius 1 is 1.88 bits per heavy atom. The monoisotopic (exact) mass is 118 g/mol. The van der Waals surface area contributed by atoms with Gasteiger partial charge >= 0.3 is 0 Å². The fourth-order valence-corrected chi connectivity index (χ4v) is 0.563. The van der Waals surface area contributed by atoms with Gasteiger partial charge < -0.3 is 5.21 Å². The third-order valence-corrected chi connectivity index (χ3v) is 1.09. The van der Waals surface area contributed by atoms with Crippen LogP contribution in [0.4, 0.5) is 0 Å². The first-order valence-electron chi connectivity index (χ1n) is 2.69. The second kappa shape index (κ2) is 2.41. The molecule has 0 aromatic carbocycles. The maximum Gasteiger partial charge on any atom is 0.169 e. The molecule has 1 saturated heterocycles. The average molecular weight is 118 g/mol. The van der Waals surface area contributed by atoms with Crippen LogP contribution in [0.1, 0.15) is 6.42 Å². The second-order valence-corrected chi connectivity index (χ2v) is 1.84. The highest BCUT2D eigenvalue weighted by Crippen LogP contribution is 1.98. The Balaban J connectivity index is 2.01. The Labute approximate surface area is 48.0 Å². The van der Waals surface area contributed by atoms with Gasteiger partial charge in [-0.25, -0.2) is 5.23 Å². The zero-order valence-electron chi connectivity index (χ0n) is 4.81. The molecule has 0 radical (unpaired) electrons. The van der Waals surface area contributed by atoms with E-state index in [0.717, 1.165) is 13.0 Å². The zero-order valence-corrected chi connectivity index (χ0v) is 4.81. The highest BCUT2D eigenvalue weighted by atomic mass is 16.9. The van der Waals surface area contributed by atoms with E-state index in [9.17, 15) is 5.21 Å². The average Bonchev–Trinajstić information content (AvgIpc) is 1.55. The van der Waals surface area contributed by atoms with Gasteiger partial charge in [0.15, 0.2) is 6.23 Å². The molecule has 0 bridgehead atoms. The van der Waals surface area contributed by atoms with Crippen LogP contribution in [0.15, 0.2) is 0 Å². The largest absolute Gasteiger partial charge is 0.600 e. The first kappa shape index (κ1) is 5.97. The number of hydrogen-bond acceptors (Lipinski definition) is 3. The molecule has 0 aliphatic carbocycles. The van der Waals surface area contributed by atoms with Crippen molar-refractivity contribution in [2.45, 2.75) is 12.6 Å². The number of rotatable bonds is 2. The minimum absolute atomic E-state index is 0.00694. The van der Waals surface area contributed by atoms with Gasteiger partial charge in [-0.3, -0.25) is 5.32 Å². The van der Waals surface area contributed by atoms with Crippen molar-refractivity contribution in [3.63, 3.8) is 0 Å². The maximum absolute atomic E-state index is 10.2. The Bertz CT molecular complexity index is 72.4. The van der Waals surface area contributed by atoms with E-state index in [1.54, 1.807) is 0 Å². The maximum atomic E-state index is 10.2.